The van der Waals surface area contributed by atoms with Crippen LogP contribution in [0.2, 0.25) is 0 Å². The Morgan fingerprint density at radius 2 is 1.94 bits per heavy atom. The van der Waals surface area contributed by atoms with Crippen molar-refractivity contribution in [1.29, 1.82) is 0 Å². The third-order valence-electron chi connectivity index (χ3n) is 3.53. The molecule has 16 heavy (non-hydrogen) atoms. The molecule has 0 aromatic heterocycles. The van der Waals surface area contributed by atoms with Gasteiger partial charge in [0.05, 0.1) is 17.6 Å². The van der Waals surface area contributed by atoms with Crippen molar-refractivity contribution >= 4 is 5.78 Å². The summed E-state index contributed by atoms with van der Waals surface area (Å²) in [6.45, 7) is 5.95. The Balaban J connectivity index is 1.99. The fourth-order valence-electron chi connectivity index (χ4n) is 2.00. The lowest BCUT2D eigenvalue weighted by atomic mass is 9.68. The lowest BCUT2D eigenvalue weighted by Crippen LogP contribution is -2.51. The van der Waals surface area contributed by atoms with Gasteiger partial charge in [0, 0.05) is 6.42 Å². The maximum Gasteiger partial charge on any atom is 0.143 e. The molecule has 0 spiro atoms. The van der Waals surface area contributed by atoms with Gasteiger partial charge in [-0.2, -0.15) is 0 Å². The van der Waals surface area contributed by atoms with Crippen LogP contribution in [0.1, 0.15) is 38.9 Å². The molecule has 2 atom stereocenters. The van der Waals surface area contributed by atoms with Crippen molar-refractivity contribution in [1.82, 2.24) is 0 Å². The highest BCUT2D eigenvalue weighted by Crippen LogP contribution is 2.41. The molecular weight excluding hydrogens is 200 g/mol. The molecular formula is C14H18O2. The molecule has 0 aliphatic heterocycles. The Bertz CT molecular complexity index is 381. The van der Waals surface area contributed by atoms with Gasteiger partial charge in [-0.25, -0.2) is 0 Å². The molecule has 0 N–H and O–H groups in total. The van der Waals surface area contributed by atoms with E-state index in [2.05, 4.69) is 12.1 Å². The second-order valence-corrected chi connectivity index (χ2v) is 5.03. The van der Waals surface area contributed by atoms with Gasteiger partial charge < -0.3 is 4.74 Å². The summed E-state index contributed by atoms with van der Waals surface area (Å²) in [6, 6.07) is 10.1. The van der Waals surface area contributed by atoms with Crippen molar-refractivity contribution in [3.63, 3.8) is 0 Å². The average molecular weight is 218 g/mol. The van der Waals surface area contributed by atoms with Crippen LogP contribution in [0.25, 0.3) is 0 Å². The van der Waals surface area contributed by atoms with Crippen LogP contribution in [0.15, 0.2) is 30.3 Å². The molecule has 0 bridgehead atoms. The van der Waals surface area contributed by atoms with Gasteiger partial charge in [-0.1, -0.05) is 44.2 Å². The maximum absolute atomic E-state index is 11.4. The number of ketones is 1. The quantitative estimate of drug-likeness (QED) is 0.779. The summed E-state index contributed by atoms with van der Waals surface area (Å²) < 4.78 is 5.94. The van der Waals surface area contributed by atoms with Gasteiger partial charge in [0.25, 0.3) is 0 Å². The minimum absolute atomic E-state index is 0.0542. The normalized spacial score (nSPS) is 24.9. The van der Waals surface area contributed by atoms with Gasteiger partial charge >= 0.3 is 0 Å². The predicted molar refractivity (Wildman–Crippen MR) is 63.1 cm³/mol. The van der Waals surface area contributed by atoms with Crippen LogP contribution in [-0.4, -0.2) is 11.9 Å². The SMILES string of the molecule is CC(OC1CC(=O)C1(C)C)c1ccccc1. The van der Waals surface area contributed by atoms with Gasteiger partial charge in [-0.15, -0.1) is 0 Å². The number of benzene rings is 1. The minimum atomic E-state index is -0.303. The molecule has 86 valence electrons. The van der Waals surface area contributed by atoms with Crippen LogP contribution >= 0.6 is 0 Å². The summed E-state index contributed by atoms with van der Waals surface area (Å²) in [5.41, 5.74) is 0.862. The Morgan fingerprint density at radius 1 is 1.31 bits per heavy atom. The Kier molecular flexibility index (Phi) is 2.85. The first-order valence-electron chi connectivity index (χ1n) is 5.75. The number of carbonyl (C=O) groups excluding carboxylic acids is 1. The van der Waals surface area contributed by atoms with Crippen molar-refractivity contribution in [2.24, 2.45) is 5.41 Å². The molecule has 2 nitrogen and oxygen atoms in total. The van der Waals surface area contributed by atoms with Gasteiger partial charge in [0.15, 0.2) is 0 Å². The van der Waals surface area contributed by atoms with E-state index in [4.69, 9.17) is 4.74 Å². The van der Waals surface area contributed by atoms with E-state index < -0.39 is 0 Å². The minimum Gasteiger partial charge on any atom is -0.369 e. The Labute approximate surface area is 96.6 Å². The molecule has 0 saturated heterocycles. The van der Waals surface area contributed by atoms with Crippen LogP contribution in [0.3, 0.4) is 0 Å². The molecule has 0 amide bonds. The smallest absolute Gasteiger partial charge is 0.143 e. The standard InChI is InChI=1S/C14H18O2/c1-10(11-7-5-4-6-8-11)16-13-9-12(15)14(13,2)3/h4-8,10,13H,9H2,1-3H3. The van der Waals surface area contributed by atoms with Crippen LogP contribution < -0.4 is 0 Å². The topological polar surface area (TPSA) is 26.3 Å². The fraction of sp³-hybridized carbons (Fsp3) is 0.500. The Hall–Kier alpha value is -1.15. The van der Waals surface area contributed by atoms with E-state index in [1.807, 2.05) is 39.0 Å². The molecule has 1 aliphatic carbocycles. The highest BCUT2D eigenvalue weighted by atomic mass is 16.5. The number of carbonyl (C=O) groups is 1. The third-order valence-corrected chi connectivity index (χ3v) is 3.53. The van der Waals surface area contributed by atoms with Crippen LogP contribution in [0, 0.1) is 5.41 Å². The molecule has 2 heteroatoms. The Morgan fingerprint density at radius 3 is 2.44 bits per heavy atom. The molecule has 1 aliphatic rings. The van der Waals surface area contributed by atoms with Crippen molar-refractivity contribution in [3.05, 3.63) is 35.9 Å². The first-order chi connectivity index (χ1) is 7.51. The third kappa shape index (κ3) is 1.90. The first kappa shape index (κ1) is 11.3. The first-order valence-corrected chi connectivity index (χ1v) is 5.75. The molecule has 0 heterocycles. The summed E-state index contributed by atoms with van der Waals surface area (Å²) in [5, 5.41) is 0. The van der Waals surface area contributed by atoms with Crippen LogP contribution in [0.4, 0.5) is 0 Å². The van der Waals surface area contributed by atoms with E-state index in [0.717, 1.165) is 5.56 Å². The molecule has 1 fully saturated rings. The number of ether oxygens (including phenoxy) is 1. The van der Waals surface area contributed by atoms with E-state index in [1.54, 1.807) is 0 Å². The highest BCUT2D eigenvalue weighted by molar-refractivity contribution is 5.91. The zero-order chi connectivity index (χ0) is 11.8. The highest BCUT2D eigenvalue weighted by Gasteiger charge is 2.48. The zero-order valence-electron chi connectivity index (χ0n) is 10.1. The maximum atomic E-state index is 11.4. The van der Waals surface area contributed by atoms with E-state index in [1.165, 1.54) is 0 Å². The predicted octanol–water partition coefficient (Wildman–Crippen LogP) is 3.13. The second-order valence-electron chi connectivity index (χ2n) is 5.03. The van der Waals surface area contributed by atoms with Gasteiger partial charge in [0.1, 0.15) is 5.78 Å². The van der Waals surface area contributed by atoms with Crippen molar-refractivity contribution in [2.45, 2.75) is 39.4 Å². The lowest BCUT2D eigenvalue weighted by molar-refractivity contribution is -0.165. The fourth-order valence-corrected chi connectivity index (χ4v) is 2.00. The number of hydrogen-bond acceptors (Lipinski definition) is 2. The zero-order valence-corrected chi connectivity index (χ0v) is 10.1. The van der Waals surface area contributed by atoms with E-state index in [0.29, 0.717) is 12.2 Å². The summed E-state index contributed by atoms with van der Waals surface area (Å²) in [7, 11) is 0. The number of hydrogen-bond donors (Lipinski definition) is 0. The average Bonchev–Trinajstić information content (AvgIpc) is 2.29. The second kappa shape index (κ2) is 4.02. The molecule has 1 saturated carbocycles. The van der Waals surface area contributed by atoms with E-state index in [9.17, 15) is 4.79 Å². The van der Waals surface area contributed by atoms with Gasteiger partial charge in [-0.3, -0.25) is 4.79 Å². The van der Waals surface area contributed by atoms with Gasteiger partial charge in [-0.05, 0) is 12.5 Å². The van der Waals surface area contributed by atoms with Crippen molar-refractivity contribution in [2.75, 3.05) is 0 Å². The number of rotatable bonds is 3. The molecule has 2 rings (SSSR count). The summed E-state index contributed by atoms with van der Waals surface area (Å²) >= 11 is 0. The van der Waals surface area contributed by atoms with Gasteiger partial charge in [0.2, 0.25) is 0 Å². The van der Waals surface area contributed by atoms with Crippen LogP contribution in [-0.2, 0) is 9.53 Å². The van der Waals surface area contributed by atoms with E-state index >= 15 is 0 Å². The summed E-state index contributed by atoms with van der Waals surface area (Å²) in [6.07, 6.45) is 0.679. The molecule has 1 aromatic carbocycles. The monoisotopic (exact) mass is 218 g/mol. The van der Waals surface area contributed by atoms with Crippen molar-refractivity contribution < 1.29 is 9.53 Å². The molecule has 1 aromatic rings. The molecule has 2 unspecified atom stereocenters. The summed E-state index contributed by atoms with van der Waals surface area (Å²) in [4.78, 5) is 11.4. The van der Waals surface area contributed by atoms with Crippen LogP contribution in [0.5, 0.6) is 0 Å². The van der Waals surface area contributed by atoms with E-state index in [-0.39, 0.29) is 17.6 Å². The largest absolute Gasteiger partial charge is 0.369 e. The molecule has 0 radical (unpaired) electrons. The van der Waals surface area contributed by atoms with Crippen molar-refractivity contribution in [3.8, 4) is 0 Å². The summed E-state index contributed by atoms with van der Waals surface area (Å²) in [5.74, 6) is 0.303. The lowest BCUT2D eigenvalue weighted by Gasteiger charge is -2.43. The number of Topliss-reactive ketones (excluding diaryl/α,β-unsaturated/α-hetero) is 1.